The predicted molar refractivity (Wildman–Crippen MR) is 66.1 cm³/mol. The van der Waals surface area contributed by atoms with Crippen LogP contribution in [-0.4, -0.2) is 19.0 Å². The molecule has 1 aromatic carbocycles. The van der Waals surface area contributed by atoms with E-state index in [1.807, 2.05) is 13.8 Å². The second-order valence-corrected chi connectivity index (χ2v) is 4.68. The van der Waals surface area contributed by atoms with E-state index in [0.29, 0.717) is 25.1 Å². The Kier molecular flexibility index (Phi) is 4.63. The molecule has 0 radical (unpaired) electrons. The number of carbonyl (C=O) groups excluding carboxylic acids is 1. The van der Waals surface area contributed by atoms with Crippen molar-refractivity contribution in [3.05, 3.63) is 35.6 Å². The molecule has 0 aliphatic carbocycles. The van der Waals surface area contributed by atoms with E-state index in [1.165, 1.54) is 6.07 Å². The van der Waals surface area contributed by atoms with E-state index in [4.69, 9.17) is 5.73 Å². The van der Waals surface area contributed by atoms with Crippen LogP contribution in [0.25, 0.3) is 0 Å². The summed E-state index contributed by atoms with van der Waals surface area (Å²) in [6, 6.07) is 6.62. The molecule has 0 aliphatic rings. The molecule has 0 fully saturated rings. The monoisotopic (exact) mass is 238 g/mol. The summed E-state index contributed by atoms with van der Waals surface area (Å²) in [5.41, 5.74) is 5.45. The van der Waals surface area contributed by atoms with Crippen LogP contribution in [0.15, 0.2) is 24.3 Å². The van der Waals surface area contributed by atoms with Gasteiger partial charge < -0.3 is 11.1 Å². The van der Waals surface area contributed by atoms with Gasteiger partial charge in [-0.05, 0) is 11.6 Å². The lowest BCUT2D eigenvalue weighted by atomic mass is 9.84. The number of carbonyl (C=O) groups is 1. The molecule has 0 aromatic heterocycles. The van der Waals surface area contributed by atoms with Crippen LogP contribution in [0.2, 0.25) is 0 Å². The van der Waals surface area contributed by atoms with Gasteiger partial charge in [-0.2, -0.15) is 0 Å². The lowest BCUT2D eigenvalue weighted by Crippen LogP contribution is -2.37. The van der Waals surface area contributed by atoms with Gasteiger partial charge in [-0.25, -0.2) is 4.39 Å². The van der Waals surface area contributed by atoms with E-state index in [2.05, 4.69) is 5.32 Å². The first-order valence-electron chi connectivity index (χ1n) is 5.69. The summed E-state index contributed by atoms with van der Waals surface area (Å²) in [7, 11) is 0. The minimum Gasteiger partial charge on any atom is -0.355 e. The van der Waals surface area contributed by atoms with Crippen LogP contribution < -0.4 is 11.1 Å². The predicted octanol–water partition coefficient (Wildman–Crippen LogP) is 1.57. The Morgan fingerprint density at radius 2 is 2.06 bits per heavy atom. The highest BCUT2D eigenvalue weighted by molar-refractivity contribution is 5.76. The summed E-state index contributed by atoms with van der Waals surface area (Å²) in [6.07, 6.45) is 0.299. The topological polar surface area (TPSA) is 55.1 Å². The molecule has 1 aromatic rings. The zero-order chi connectivity index (χ0) is 12.9. The largest absolute Gasteiger partial charge is 0.355 e. The second kappa shape index (κ2) is 5.77. The maximum absolute atomic E-state index is 13.6. The summed E-state index contributed by atoms with van der Waals surface area (Å²) in [4.78, 5) is 11.3. The van der Waals surface area contributed by atoms with Gasteiger partial charge in [0.15, 0.2) is 0 Å². The van der Waals surface area contributed by atoms with Crippen LogP contribution in [-0.2, 0) is 10.2 Å². The molecule has 0 aliphatic heterocycles. The van der Waals surface area contributed by atoms with Crippen molar-refractivity contribution >= 4 is 5.91 Å². The molecular formula is C13H19FN2O. The number of hydrogen-bond acceptors (Lipinski definition) is 2. The van der Waals surface area contributed by atoms with Gasteiger partial charge in [0.05, 0.1) is 0 Å². The Labute approximate surface area is 101 Å². The second-order valence-electron chi connectivity index (χ2n) is 4.68. The van der Waals surface area contributed by atoms with Gasteiger partial charge in [0, 0.05) is 24.9 Å². The van der Waals surface area contributed by atoms with Gasteiger partial charge >= 0.3 is 0 Å². The van der Waals surface area contributed by atoms with Crippen molar-refractivity contribution in [2.75, 3.05) is 13.1 Å². The lowest BCUT2D eigenvalue weighted by molar-refractivity contribution is -0.121. The Hall–Kier alpha value is -1.42. The summed E-state index contributed by atoms with van der Waals surface area (Å²) in [6.45, 7) is 4.51. The minimum atomic E-state index is -0.435. The highest BCUT2D eigenvalue weighted by Crippen LogP contribution is 2.24. The SMILES string of the molecule is CC(C)(CNC(=O)CCN)c1ccccc1F. The van der Waals surface area contributed by atoms with Gasteiger partial charge in [0.1, 0.15) is 5.82 Å². The minimum absolute atomic E-state index is 0.100. The maximum Gasteiger partial charge on any atom is 0.221 e. The molecule has 0 unspecified atom stereocenters. The molecule has 17 heavy (non-hydrogen) atoms. The highest BCUT2D eigenvalue weighted by atomic mass is 19.1. The molecule has 0 saturated carbocycles. The summed E-state index contributed by atoms with van der Waals surface area (Å²) in [5.74, 6) is -0.345. The standard InChI is InChI=1S/C13H19FN2O/c1-13(2,9-16-12(17)7-8-15)10-5-3-4-6-11(10)14/h3-6H,7-9,15H2,1-2H3,(H,16,17). The first kappa shape index (κ1) is 13.6. The van der Waals surface area contributed by atoms with Crippen molar-refractivity contribution in [2.45, 2.75) is 25.7 Å². The van der Waals surface area contributed by atoms with Crippen molar-refractivity contribution in [3.63, 3.8) is 0 Å². The van der Waals surface area contributed by atoms with Crippen LogP contribution >= 0.6 is 0 Å². The molecule has 3 nitrogen and oxygen atoms in total. The van der Waals surface area contributed by atoms with Gasteiger partial charge in [-0.3, -0.25) is 4.79 Å². The third-order valence-corrected chi connectivity index (χ3v) is 2.70. The Morgan fingerprint density at radius 1 is 1.41 bits per heavy atom. The van der Waals surface area contributed by atoms with Crippen molar-refractivity contribution in [1.29, 1.82) is 0 Å². The zero-order valence-corrected chi connectivity index (χ0v) is 10.3. The van der Waals surface area contributed by atoms with Gasteiger partial charge in [-0.15, -0.1) is 0 Å². The number of nitrogens with two attached hydrogens (primary N) is 1. The molecule has 4 heteroatoms. The summed E-state index contributed by atoms with van der Waals surface area (Å²) in [5, 5.41) is 2.76. The zero-order valence-electron chi connectivity index (χ0n) is 10.3. The maximum atomic E-state index is 13.6. The molecule has 0 saturated heterocycles. The molecule has 1 rings (SSSR count). The fourth-order valence-electron chi connectivity index (χ4n) is 1.64. The molecule has 0 heterocycles. The van der Waals surface area contributed by atoms with Crippen LogP contribution in [0.3, 0.4) is 0 Å². The molecule has 0 spiro atoms. The third-order valence-electron chi connectivity index (χ3n) is 2.70. The first-order valence-corrected chi connectivity index (χ1v) is 5.69. The molecule has 1 amide bonds. The number of benzene rings is 1. The summed E-state index contributed by atoms with van der Waals surface area (Å²) < 4.78 is 13.6. The molecule has 0 bridgehead atoms. The fraction of sp³-hybridized carbons (Fsp3) is 0.462. The number of nitrogens with one attached hydrogen (secondary N) is 1. The number of hydrogen-bond donors (Lipinski definition) is 2. The molecular weight excluding hydrogens is 219 g/mol. The number of amides is 1. The van der Waals surface area contributed by atoms with E-state index >= 15 is 0 Å². The first-order chi connectivity index (χ1) is 7.97. The molecule has 3 N–H and O–H groups in total. The smallest absolute Gasteiger partial charge is 0.221 e. The third kappa shape index (κ3) is 3.82. The normalized spacial score (nSPS) is 11.3. The van der Waals surface area contributed by atoms with Gasteiger partial charge in [-0.1, -0.05) is 32.0 Å². The average Bonchev–Trinajstić information content (AvgIpc) is 2.27. The van der Waals surface area contributed by atoms with Gasteiger partial charge in [0.25, 0.3) is 0 Å². The quantitative estimate of drug-likeness (QED) is 0.818. The van der Waals surface area contributed by atoms with Crippen molar-refractivity contribution in [1.82, 2.24) is 5.32 Å². The van der Waals surface area contributed by atoms with Crippen molar-refractivity contribution < 1.29 is 9.18 Å². The summed E-state index contributed by atoms with van der Waals surface area (Å²) >= 11 is 0. The van der Waals surface area contributed by atoms with Crippen LogP contribution in [0.4, 0.5) is 4.39 Å². The Bertz CT molecular complexity index is 391. The van der Waals surface area contributed by atoms with Gasteiger partial charge in [0.2, 0.25) is 5.91 Å². The molecule has 0 atom stereocenters. The van der Waals surface area contributed by atoms with E-state index in [-0.39, 0.29) is 11.7 Å². The number of halogens is 1. The van der Waals surface area contributed by atoms with Crippen molar-refractivity contribution in [3.8, 4) is 0 Å². The van der Waals surface area contributed by atoms with Crippen molar-refractivity contribution in [2.24, 2.45) is 5.73 Å². The van der Waals surface area contributed by atoms with Crippen LogP contribution in [0, 0.1) is 5.82 Å². The molecule has 94 valence electrons. The van der Waals surface area contributed by atoms with E-state index < -0.39 is 5.41 Å². The number of rotatable bonds is 5. The fourth-order valence-corrected chi connectivity index (χ4v) is 1.64. The lowest BCUT2D eigenvalue weighted by Gasteiger charge is -2.26. The van der Waals surface area contributed by atoms with E-state index in [9.17, 15) is 9.18 Å². The van der Waals surface area contributed by atoms with E-state index in [1.54, 1.807) is 18.2 Å². The highest BCUT2D eigenvalue weighted by Gasteiger charge is 2.24. The van der Waals surface area contributed by atoms with Crippen LogP contribution in [0.5, 0.6) is 0 Å². The Morgan fingerprint density at radius 3 is 2.65 bits per heavy atom. The Balaban J connectivity index is 2.69. The average molecular weight is 238 g/mol. The van der Waals surface area contributed by atoms with Crippen LogP contribution in [0.1, 0.15) is 25.8 Å². The van der Waals surface area contributed by atoms with E-state index in [0.717, 1.165) is 0 Å².